The quantitative estimate of drug-likeness (QED) is 0.162. The van der Waals surface area contributed by atoms with Crippen LogP contribution in [-0.4, -0.2) is 15.0 Å². The van der Waals surface area contributed by atoms with E-state index < -0.39 is 0 Å². The molecule has 2 heterocycles. The summed E-state index contributed by atoms with van der Waals surface area (Å²) in [5.41, 5.74) is 11.1. The summed E-state index contributed by atoms with van der Waals surface area (Å²) in [4.78, 5) is 19.1. The average Bonchev–Trinajstić information content (AvgIpc) is 3.65. The van der Waals surface area contributed by atoms with Crippen molar-refractivity contribution in [3.63, 3.8) is 0 Å². The molecule has 8 aromatic carbocycles. The minimum atomic E-state index is 0.541. The third-order valence-corrected chi connectivity index (χ3v) is 10.2. The third kappa shape index (κ3) is 5.79. The molecule has 5 nitrogen and oxygen atoms in total. The summed E-state index contributed by atoms with van der Waals surface area (Å²) >= 11 is 0. The molecule has 0 amide bonds. The number of aromatic nitrogens is 3. The van der Waals surface area contributed by atoms with Gasteiger partial charge in [-0.25, -0.2) is 19.8 Å². The van der Waals surface area contributed by atoms with Crippen LogP contribution in [0.5, 0.6) is 0 Å². The van der Waals surface area contributed by atoms with Crippen molar-refractivity contribution in [2.24, 2.45) is 0 Å². The first-order chi connectivity index (χ1) is 27.2. The van der Waals surface area contributed by atoms with Gasteiger partial charge in [0.15, 0.2) is 23.2 Å². The Kier molecular flexibility index (Phi) is 7.79. The van der Waals surface area contributed by atoms with E-state index in [0.29, 0.717) is 23.2 Å². The number of benzene rings is 8. The number of hydrogen-bond acceptors (Lipinski definition) is 4. The maximum absolute atomic E-state index is 7.73. The second-order valence-electron chi connectivity index (χ2n) is 13.5. The molecular weight excluding hydrogens is 673 g/mol. The van der Waals surface area contributed by atoms with Gasteiger partial charge in [-0.15, -0.1) is 0 Å². The first-order valence-electron chi connectivity index (χ1n) is 18.1. The van der Waals surface area contributed by atoms with Crippen LogP contribution in [0.25, 0.3) is 105 Å². The number of fused-ring (bicyclic) bond motifs is 4. The second-order valence-corrected chi connectivity index (χ2v) is 13.5. The van der Waals surface area contributed by atoms with Crippen LogP contribution in [-0.2, 0) is 0 Å². The Morgan fingerprint density at radius 3 is 1.82 bits per heavy atom. The number of hydrogen-bond donors (Lipinski definition) is 0. The van der Waals surface area contributed by atoms with Crippen molar-refractivity contribution >= 4 is 38.4 Å². The van der Waals surface area contributed by atoms with Gasteiger partial charge in [-0.1, -0.05) is 158 Å². The van der Waals surface area contributed by atoms with E-state index in [-0.39, 0.29) is 0 Å². The van der Waals surface area contributed by atoms with E-state index in [1.807, 2.05) is 91.0 Å². The maximum atomic E-state index is 7.73. The zero-order chi connectivity index (χ0) is 36.7. The topological polar surface area (TPSA) is 56.2 Å². The Morgan fingerprint density at radius 1 is 0.382 bits per heavy atom. The lowest BCUT2D eigenvalue weighted by Gasteiger charge is -2.11. The molecule has 5 heteroatoms. The van der Waals surface area contributed by atoms with Crippen LogP contribution in [0.1, 0.15) is 0 Å². The average molecular weight is 703 g/mol. The van der Waals surface area contributed by atoms with Crippen molar-refractivity contribution in [2.75, 3.05) is 0 Å². The fourth-order valence-corrected chi connectivity index (χ4v) is 7.49. The van der Waals surface area contributed by atoms with Crippen LogP contribution in [0, 0.1) is 6.57 Å². The molecule has 256 valence electrons. The van der Waals surface area contributed by atoms with Crippen LogP contribution in [0.2, 0.25) is 0 Å². The van der Waals surface area contributed by atoms with Gasteiger partial charge in [0.2, 0.25) is 0 Å². The fraction of sp³-hybridized carbons (Fsp3) is 0. The Bertz CT molecular complexity index is 3100. The van der Waals surface area contributed by atoms with E-state index in [1.165, 1.54) is 11.1 Å². The minimum absolute atomic E-state index is 0.541. The summed E-state index contributed by atoms with van der Waals surface area (Å²) in [7, 11) is 0. The molecule has 10 rings (SSSR count). The van der Waals surface area contributed by atoms with E-state index in [0.717, 1.165) is 71.7 Å². The zero-order valence-electron chi connectivity index (χ0n) is 29.5. The minimum Gasteiger partial charge on any atom is -0.456 e. The molecule has 10 aromatic rings. The largest absolute Gasteiger partial charge is 0.456 e. The van der Waals surface area contributed by atoms with Crippen LogP contribution < -0.4 is 0 Å². The fourth-order valence-electron chi connectivity index (χ4n) is 7.49. The predicted octanol–water partition coefficient (Wildman–Crippen LogP) is 13.5. The third-order valence-electron chi connectivity index (χ3n) is 10.2. The molecule has 0 aliphatic heterocycles. The molecule has 2 aromatic heterocycles. The Balaban J connectivity index is 1.11. The van der Waals surface area contributed by atoms with Gasteiger partial charge in [0.05, 0.1) is 6.57 Å². The molecule has 0 saturated carbocycles. The highest BCUT2D eigenvalue weighted by atomic mass is 16.3. The van der Waals surface area contributed by atoms with Gasteiger partial charge in [-0.05, 0) is 68.4 Å². The van der Waals surface area contributed by atoms with Crippen LogP contribution >= 0.6 is 0 Å². The molecule has 0 spiro atoms. The number of nitrogens with zero attached hydrogens (tertiary/aromatic N) is 4. The van der Waals surface area contributed by atoms with Gasteiger partial charge in [0.1, 0.15) is 11.2 Å². The Morgan fingerprint density at radius 2 is 0.964 bits per heavy atom. The number of rotatable bonds is 6. The number of furan rings is 1. The van der Waals surface area contributed by atoms with E-state index in [4.69, 9.17) is 25.9 Å². The molecule has 0 unspecified atom stereocenters. The number of para-hydroxylation sites is 1. The van der Waals surface area contributed by atoms with Crippen LogP contribution in [0.4, 0.5) is 5.69 Å². The molecule has 0 bridgehead atoms. The summed E-state index contributed by atoms with van der Waals surface area (Å²) < 4.78 is 6.55. The van der Waals surface area contributed by atoms with Crippen molar-refractivity contribution in [3.05, 3.63) is 193 Å². The molecule has 0 aliphatic rings. The van der Waals surface area contributed by atoms with E-state index >= 15 is 0 Å². The van der Waals surface area contributed by atoms with Crippen molar-refractivity contribution < 1.29 is 4.42 Å². The SMILES string of the molecule is [C-]#[N+]c1ccccc1-c1cccc(-c2nc(-c3ccc4c(c3)oc3cccc(-c5ccc(-c6ccccc6)cc5)c34)nc(-c3cccc4ccccc34)n2)c1. The van der Waals surface area contributed by atoms with Gasteiger partial charge in [-0.3, -0.25) is 0 Å². The highest BCUT2D eigenvalue weighted by molar-refractivity contribution is 6.13. The molecule has 0 N–H and O–H groups in total. The monoisotopic (exact) mass is 702 g/mol. The van der Waals surface area contributed by atoms with Gasteiger partial charge in [0.25, 0.3) is 0 Å². The first-order valence-corrected chi connectivity index (χ1v) is 18.1. The molecule has 0 atom stereocenters. The van der Waals surface area contributed by atoms with Gasteiger partial charge >= 0.3 is 0 Å². The summed E-state index contributed by atoms with van der Waals surface area (Å²) in [6.07, 6.45) is 0. The summed E-state index contributed by atoms with van der Waals surface area (Å²) in [6, 6.07) is 61.8. The summed E-state index contributed by atoms with van der Waals surface area (Å²) in [6.45, 7) is 7.73. The Hall–Kier alpha value is -7.68. The maximum Gasteiger partial charge on any atom is 0.194 e. The van der Waals surface area contributed by atoms with Crippen LogP contribution in [0.3, 0.4) is 0 Å². The molecule has 0 fully saturated rings. The van der Waals surface area contributed by atoms with Crippen molar-refractivity contribution in [1.29, 1.82) is 0 Å². The summed E-state index contributed by atoms with van der Waals surface area (Å²) in [5.74, 6) is 1.66. The molecule has 0 radical (unpaired) electrons. The molecule has 0 saturated heterocycles. The van der Waals surface area contributed by atoms with E-state index in [2.05, 4.69) is 95.8 Å². The van der Waals surface area contributed by atoms with Crippen molar-refractivity contribution in [1.82, 2.24) is 15.0 Å². The first kappa shape index (κ1) is 32.0. The zero-order valence-corrected chi connectivity index (χ0v) is 29.5. The highest BCUT2D eigenvalue weighted by Crippen LogP contribution is 2.39. The van der Waals surface area contributed by atoms with E-state index in [9.17, 15) is 0 Å². The standard InChI is InChI=1S/C50H30N4O/c1-51-44-22-8-7-19-40(44)36-16-9-17-37(30-36)48-52-49(54-50(53-48)42-21-10-15-34-14-5-6-18-39(34)42)38-28-29-43-46(31-38)55-45-23-11-20-41(47(43)45)35-26-24-33(25-27-35)32-12-3-2-4-13-32/h2-31H. The van der Waals surface area contributed by atoms with Gasteiger partial charge < -0.3 is 4.42 Å². The van der Waals surface area contributed by atoms with E-state index in [1.54, 1.807) is 0 Å². The highest BCUT2D eigenvalue weighted by Gasteiger charge is 2.18. The van der Waals surface area contributed by atoms with Crippen molar-refractivity contribution in [2.45, 2.75) is 0 Å². The smallest absolute Gasteiger partial charge is 0.194 e. The normalized spacial score (nSPS) is 11.3. The lowest BCUT2D eigenvalue weighted by atomic mass is 9.96. The predicted molar refractivity (Wildman–Crippen MR) is 223 cm³/mol. The molecular formula is C50H30N4O. The second kappa shape index (κ2) is 13.4. The lowest BCUT2D eigenvalue weighted by Crippen LogP contribution is -2.00. The van der Waals surface area contributed by atoms with Gasteiger partial charge in [0, 0.05) is 27.5 Å². The molecule has 0 aliphatic carbocycles. The summed E-state index contributed by atoms with van der Waals surface area (Å²) in [5, 5.41) is 4.26. The van der Waals surface area contributed by atoms with Crippen molar-refractivity contribution in [3.8, 4) is 67.5 Å². The lowest BCUT2D eigenvalue weighted by molar-refractivity contribution is 0.669. The molecule has 55 heavy (non-hydrogen) atoms. The Labute approximate surface area is 317 Å². The van der Waals surface area contributed by atoms with Crippen LogP contribution in [0.15, 0.2) is 186 Å². The van der Waals surface area contributed by atoms with Gasteiger partial charge in [-0.2, -0.15) is 0 Å².